The highest BCUT2D eigenvalue weighted by Crippen LogP contribution is 2.03. The zero-order valence-corrected chi connectivity index (χ0v) is 5.80. The fourth-order valence-corrected chi connectivity index (χ4v) is 0.870. The number of rotatable bonds is 1. The molecule has 0 aromatic rings. The van der Waals surface area contributed by atoms with Gasteiger partial charge in [-0.25, -0.2) is 0 Å². The Kier molecular flexibility index (Phi) is 5.93. The molecule has 0 aromatic heterocycles. The lowest BCUT2D eigenvalue weighted by Gasteiger charge is -1.98. The lowest BCUT2D eigenvalue weighted by atomic mass is 10.1. The van der Waals surface area contributed by atoms with Crippen LogP contribution in [-0.4, -0.2) is 37.0 Å². The van der Waals surface area contributed by atoms with Crippen molar-refractivity contribution < 1.29 is 10.2 Å². The predicted octanol–water partition coefficient (Wildman–Crippen LogP) is -0.803. The van der Waals surface area contributed by atoms with Crippen LogP contribution in [0.5, 0.6) is 0 Å². The molecule has 9 heavy (non-hydrogen) atoms. The number of hydrogen-bond acceptors (Lipinski definition) is 3. The van der Waals surface area contributed by atoms with Crippen molar-refractivity contribution in [1.29, 1.82) is 0 Å². The van der Waals surface area contributed by atoms with Gasteiger partial charge in [0.1, 0.15) is 0 Å². The first-order chi connectivity index (χ1) is 4.43. The highest BCUT2D eigenvalue weighted by Gasteiger charge is 2.11. The summed E-state index contributed by atoms with van der Waals surface area (Å²) in [5, 5.41) is 18.7. The Hall–Kier alpha value is -0.120. The molecule has 1 saturated heterocycles. The third kappa shape index (κ3) is 3.46. The predicted molar refractivity (Wildman–Crippen MR) is 36.2 cm³/mol. The number of nitrogens with one attached hydrogen (secondary N) is 1. The van der Waals surface area contributed by atoms with E-state index in [1.54, 1.807) is 0 Å². The molecule has 1 heterocycles. The molecule has 1 aliphatic rings. The summed E-state index contributed by atoms with van der Waals surface area (Å²) in [4.78, 5) is 0. The summed E-state index contributed by atoms with van der Waals surface area (Å²) >= 11 is 0. The molecule has 0 radical (unpaired) electrons. The lowest BCUT2D eigenvalue weighted by Crippen LogP contribution is -2.11. The normalized spacial score (nSPS) is 25.0. The van der Waals surface area contributed by atoms with Gasteiger partial charge in [-0.3, -0.25) is 0 Å². The van der Waals surface area contributed by atoms with Crippen LogP contribution < -0.4 is 5.32 Å². The molecule has 0 amide bonds. The Morgan fingerprint density at radius 3 is 2.44 bits per heavy atom. The van der Waals surface area contributed by atoms with Crippen LogP contribution in [-0.2, 0) is 0 Å². The summed E-state index contributed by atoms with van der Waals surface area (Å²) in [5.41, 5.74) is 0. The van der Waals surface area contributed by atoms with Crippen molar-refractivity contribution in [2.75, 3.05) is 26.8 Å². The van der Waals surface area contributed by atoms with Crippen molar-refractivity contribution in [3.63, 3.8) is 0 Å². The van der Waals surface area contributed by atoms with Crippen molar-refractivity contribution >= 4 is 0 Å². The Balaban J connectivity index is 0.000000291. The average Bonchev–Trinajstić information content (AvgIpc) is 2.43. The van der Waals surface area contributed by atoms with Crippen LogP contribution in [0, 0.1) is 5.92 Å². The zero-order valence-electron chi connectivity index (χ0n) is 5.80. The largest absolute Gasteiger partial charge is 0.400 e. The second-order valence-corrected chi connectivity index (χ2v) is 2.04. The van der Waals surface area contributed by atoms with Gasteiger partial charge in [0.05, 0.1) is 0 Å². The van der Waals surface area contributed by atoms with Gasteiger partial charge in [-0.15, -0.1) is 0 Å². The molecule has 1 aliphatic heterocycles. The third-order valence-corrected chi connectivity index (χ3v) is 1.42. The Bertz CT molecular complexity index is 53.0. The van der Waals surface area contributed by atoms with E-state index in [0.717, 1.165) is 26.6 Å². The van der Waals surface area contributed by atoms with E-state index < -0.39 is 0 Å². The van der Waals surface area contributed by atoms with E-state index in [0.29, 0.717) is 12.5 Å². The molecule has 0 saturated carbocycles. The molecule has 3 heteroatoms. The SMILES string of the molecule is CO.OCC1CCNC1. The second-order valence-electron chi connectivity index (χ2n) is 2.04. The van der Waals surface area contributed by atoms with Gasteiger partial charge >= 0.3 is 0 Å². The van der Waals surface area contributed by atoms with Crippen molar-refractivity contribution in [1.82, 2.24) is 5.32 Å². The number of hydrogen-bond donors (Lipinski definition) is 3. The molecule has 0 spiro atoms. The topological polar surface area (TPSA) is 52.5 Å². The van der Waals surface area contributed by atoms with Gasteiger partial charge in [0, 0.05) is 20.3 Å². The minimum absolute atomic E-state index is 0.354. The minimum atomic E-state index is 0.354. The van der Waals surface area contributed by atoms with Crippen LogP contribution in [0.3, 0.4) is 0 Å². The van der Waals surface area contributed by atoms with E-state index >= 15 is 0 Å². The van der Waals surface area contributed by atoms with Gasteiger partial charge in [-0.2, -0.15) is 0 Å². The maximum absolute atomic E-state index is 8.53. The quantitative estimate of drug-likeness (QED) is 0.439. The van der Waals surface area contributed by atoms with Crippen molar-refractivity contribution in [2.45, 2.75) is 6.42 Å². The molecule has 3 N–H and O–H groups in total. The minimum Gasteiger partial charge on any atom is -0.400 e. The molecule has 3 nitrogen and oxygen atoms in total. The summed E-state index contributed by atoms with van der Waals surface area (Å²) in [6.07, 6.45) is 1.15. The molecule has 56 valence electrons. The molecule has 0 aromatic carbocycles. The summed E-state index contributed by atoms with van der Waals surface area (Å²) < 4.78 is 0. The maximum Gasteiger partial charge on any atom is 0.0471 e. The monoisotopic (exact) mass is 133 g/mol. The molecular weight excluding hydrogens is 118 g/mol. The first-order valence-electron chi connectivity index (χ1n) is 3.20. The van der Waals surface area contributed by atoms with Gasteiger partial charge < -0.3 is 15.5 Å². The van der Waals surface area contributed by atoms with E-state index in [-0.39, 0.29) is 0 Å². The maximum atomic E-state index is 8.53. The molecular formula is C6H15NO2. The van der Waals surface area contributed by atoms with Gasteiger partial charge in [-0.1, -0.05) is 0 Å². The van der Waals surface area contributed by atoms with Crippen LogP contribution >= 0.6 is 0 Å². The molecule has 1 rings (SSSR count). The van der Waals surface area contributed by atoms with Gasteiger partial charge in [0.25, 0.3) is 0 Å². The summed E-state index contributed by atoms with van der Waals surface area (Å²) in [7, 11) is 1.00. The van der Waals surface area contributed by atoms with Crippen LogP contribution in [0.15, 0.2) is 0 Å². The van der Waals surface area contributed by atoms with Crippen molar-refractivity contribution in [2.24, 2.45) is 5.92 Å². The molecule has 1 unspecified atom stereocenters. The summed E-state index contributed by atoms with van der Waals surface area (Å²) in [5.74, 6) is 0.542. The number of aliphatic hydroxyl groups excluding tert-OH is 2. The van der Waals surface area contributed by atoms with Crippen molar-refractivity contribution in [3.05, 3.63) is 0 Å². The first-order valence-corrected chi connectivity index (χ1v) is 3.20. The van der Waals surface area contributed by atoms with Crippen LogP contribution in [0.1, 0.15) is 6.42 Å². The Morgan fingerprint density at radius 2 is 2.22 bits per heavy atom. The van der Waals surface area contributed by atoms with Crippen LogP contribution in [0.25, 0.3) is 0 Å². The Labute approximate surface area is 55.7 Å². The molecule has 0 bridgehead atoms. The van der Waals surface area contributed by atoms with E-state index in [4.69, 9.17) is 10.2 Å². The number of aliphatic hydroxyl groups is 2. The molecule has 0 aliphatic carbocycles. The Morgan fingerprint density at radius 1 is 1.56 bits per heavy atom. The standard InChI is InChI=1S/C5H11NO.CH4O/c7-4-5-1-2-6-3-5;1-2/h5-7H,1-4H2;2H,1H3. The van der Waals surface area contributed by atoms with E-state index in [1.807, 2.05) is 0 Å². The smallest absolute Gasteiger partial charge is 0.0471 e. The second kappa shape index (κ2) is 6.01. The highest BCUT2D eigenvalue weighted by molar-refractivity contribution is 4.68. The average molecular weight is 133 g/mol. The van der Waals surface area contributed by atoms with E-state index in [9.17, 15) is 0 Å². The third-order valence-electron chi connectivity index (χ3n) is 1.42. The lowest BCUT2D eigenvalue weighted by molar-refractivity contribution is 0.237. The van der Waals surface area contributed by atoms with Gasteiger partial charge in [0.15, 0.2) is 0 Å². The molecule has 1 fully saturated rings. The van der Waals surface area contributed by atoms with Crippen LogP contribution in [0.2, 0.25) is 0 Å². The highest BCUT2D eigenvalue weighted by atomic mass is 16.3. The van der Waals surface area contributed by atoms with E-state index in [1.165, 1.54) is 0 Å². The summed E-state index contributed by atoms with van der Waals surface area (Å²) in [6, 6.07) is 0. The first kappa shape index (κ1) is 8.88. The summed E-state index contributed by atoms with van der Waals surface area (Å²) in [6.45, 7) is 2.45. The van der Waals surface area contributed by atoms with E-state index in [2.05, 4.69) is 5.32 Å². The van der Waals surface area contributed by atoms with Crippen LogP contribution in [0.4, 0.5) is 0 Å². The van der Waals surface area contributed by atoms with Crippen molar-refractivity contribution in [3.8, 4) is 0 Å². The fourth-order valence-electron chi connectivity index (χ4n) is 0.870. The zero-order chi connectivity index (χ0) is 7.11. The fraction of sp³-hybridized carbons (Fsp3) is 1.00. The molecule has 1 atom stereocenters. The van der Waals surface area contributed by atoms with Gasteiger partial charge in [-0.05, 0) is 18.9 Å². The van der Waals surface area contributed by atoms with Gasteiger partial charge in [0.2, 0.25) is 0 Å².